The van der Waals surface area contributed by atoms with Crippen molar-refractivity contribution in [3.8, 4) is 22.5 Å². The van der Waals surface area contributed by atoms with Crippen molar-refractivity contribution in [1.29, 1.82) is 0 Å². The first kappa shape index (κ1) is 17.0. The van der Waals surface area contributed by atoms with Gasteiger partial charge in [-0.05, 0) is 38.1 Å². The summed E-state index contributed by atoms with van der Waals surface area (Å²) in [5, 5.41) is 17.2. The number of halogens is 2. The lowest BCUT2D eigenvalue weighted by Crippen LogP contribution is -2.02. The molecule has 4 aromatic rings. The number of hydrogen-bond donors (Lipinski definition) is 1. The molecule has 0 atom stereocenters. The molecule has 1 N–H and O–H groups in total. The van der Waals surface area contributed by atoms with Crippen LogP contribution in [-0.2, 0) is 0 Å². The standard InChI is InChI=1S/C18H14F2N4O3/c1-9-16(10(2)24(22-9)18(19)20)12-8-21-23-6-5-11(7-13(12)23)14-3-4-15(27-14)17(25)26/h3-8,18H,1-2H3,(H,25,26). The Balaban J connectivity index is 1.87. The van der Waals surface area contributed by atoms with E-state index in [2.05, 4.69) is 10.2 Å². The van der Waals surface area contributed by atoms with E-state index in [9.17, 15) is 13.6 Å². The van der Waals surface area contributed by atoms with Gasteiger partial charge in [0.05, 0.1) is 17.4 Å². The third-order valence-electron chi connectivity index (χ3n) is 4.40. The van der Waals surface area contributed by atoms with E-state index in [1.165, 1.54) is 6.07 Å². The Hall–Kier alpha value is -3.49. The number of aromatic nitrogens is 4. The zero-order valence-electron chi connectivity index (χ0n) is 14.3. The molecule has 0 aliphatic carbocycles. The SMILES string of the molecule is Cc1nn(C(F)F)c(C)c1-c1cnn2ccc(-c3ccc(C(=O)O)o3)cc12. The average Bonchev–Trinajstić information content (AvgIpc) is 3.32. The fourth-order valence-electron chi connectivity index (χ4n) is 3.18. The zero-order valence-corrected chi connectivity index (χ0v) is 14.3. The minimum Gasteiger partial charge on any atom is -0.475 e. The summed E-state index contributed by atoms with van der Waals surface area (Å²) in [7, 11) is 0. The van der Waals surface area contributed by atoms with E-state index >= 15 is 0 Å². The van der Waals surface area contributed by atoms with Crippen molar-refractivity contribution in [1.82, 2.24) is 19.4 Å². The molecular weight excluding hydrogens is 358 g/mol. The third-order valence-corrected chi connectivity index (χ3v) is 4.40. The predicted molar refractivity (Wildman–Crippen MR) is 91.8 cm³/mol. The number of nitrogens with zero attached hydrogens (tertiary/aromatic N) is 4. The molecular formula is C18H14F2N4O3. The van der Waals surface area contributed by atoms with Crippen molar-refractivity contribution in [2.24, 2.45) is 0 Å². The van der Waals surface area contributed by atoms with Crippen LogP contribution in [0.3, 0.4) is 0 Å². The Kier molecular flexibility index (Phi) is 3.79. The largest absolute Gasteiger partial charge is 0.475 e. The predicted octanol–water partition coefficient (Wildman–Crippen LogP) is 4.17. The number of furan rings is 1. The van der Waals surface area contributed by atoms with Crippen LogP contribution in [0.2, 0.25) is 0 Å². The summed E-state index contributed by atoms with van der Waals surface area (Å²) >= 11 is 0. The molecule has 138 valence electrons. The van der Waals surface area contributed by atoms with Crippen LogP contribution in [0.25, 0.3) is 28.0 Å². The van der Waals surface area contributed by atoms with E-state index in [-0.39, 0.29) is 5.76 Å². The van der Waals surface area contributed by atoms with E-state index in [4.69, 9.17) is 9.52 Å². The summed E-state index contributed by atoms with van der Waals surface area (Å²) in [5.41, 5.74) is 3.37. The Bertz CT molecular complexity index is 1170. The molecule has 0 saturated carbocycles. The number of aryl methyl sites for hydroxylation is 1. The highest BCUT2D eigenvalue weighted by molar-refractivity contribution is 5.87. The molecule has 0 fully saturated rings. The number of carboxylic acids is 1. The summed E-state index contributed by atoms with van der Waals surface area (Å²) < 4.78 is 33.9. The van der Waals surface area contributed by atoms with Crippen LogP contribution in [0.4, 0.5) is 8.78 Å². The van der Waals surface area contributed by atoms with Crippen molar-refractivity contribution in [3.05, 3.63) is 53.8 Å². The summed E-state index contributed by atoms with van der Waals surface area (Å²) in [4.78, 5) is 11.0. The van der Waals surface area contributed by atoms with E-state index in [1.54, 1.807) is 49.0 Å². The number of hydrogen-bond acceptors (Lipinski definition) is 4. The summed E-state index contributed by atoms with van der Waals surface area (Å²) in [6.45, 7) is 0.521. The van der Waals surface area contributed by atoms with Crippen molar-refractivity contribution >= 4 is 11.5 Å². The van der Waals surface area contributed by atoms with Crippen LogP contribution in [-0.4, -0.2) is 30.5 Å². The Labute approximate surface area is 151 Å². The Morgan fingerprint density at radius 1 is 1.26 bits per heavy atom. The molecule has 4 aromatic heterocycles. The molecule has 9 heteroatoms. The van der Waals surface area contributed by atoms with Crippen molar-refractivity contribution in [3.63, 3.8) is 0 Å². The summed E-state index contributed by atoms with van der Waals surface area (Å²) in [6.07, 6.45) is 3.29. The molecule has 0 radical (unpaired) electrons. The maximum atomic E-state index is 13.1. The number of fused-ring (bicyclic) bond motifs is 1. The minimum atomic E-state index is -2.73. The van der Waals surface area contributed by atoms with Gasteiger partial charge in [-0.3, -0.25) is 0 Å². The fraction of sp³-hybridized carbons (Fsp3) is 0.167. The first-order valence-electron chi connectivity index (χ1n) is 8.02. The summed E-state index contributed by atoms with van der Waals surface area (Å²) in [5.74, 6) is -0.930. The van der Waals surface area contributed by atoms with Gasteiger partial charge in [0.1, 0.15) is 5.76 Å². The van der Waals surface area contributed by atoms with Crippen molar-refractivity contribution < 1.29 is 23.1 Å². The molecule has 0 aromatic carbocycles. The monoisotopic (exact) mass is 372 g/mol. The third kappa shape index (κ3) is 2.67. The second-order valence-electron chi connectivity index (χ2n) is 6.04. The number of alkyl halides is 2. The van der Waals surface area contributed by atoms with Gasteiger partial charge in [0.2, 0.25) is 5.76 Å². The first-order chi connectivity index (χ1) is 12.9. The molecule has 0 amide bonds. The second kappa shape index (κ2) is 6.04. The lowest BCUT2D eigenvalue weighted by molar-refractivity contribution is 0.0541. The molecule has 4 heterocycles. The van der Waals surface area contributed by atoms with Crippen LogP contribution in [0.5, 0.6) is 0 Å². The fourth-order valence-corrected chi connectivity index (χ4v) is 3.18. The van der Waals surface area contributed by atoms with Gasteiger partial charge in [-0.2, -0.15) is 19.0 Å². The van der Waals surface area contributed by atoms with Gasteiger partial charge in [0.15, 0.2) is 0 Å². The van der Waals surface area contributed by atoms with Gasteiger partial charge in [-0.15, -0.1) is 0 Å². The normalized spacial score (nSPS) is 11.6. The second-order valence-corrected chi connectivity index (χ2v) is 6.04. The number of rotatable bonds is 4. The highest BCUT2D eigenvalue weighted by Crippen LogP contribution is 2.34. The lowest BCUT2D eigenvalue weighted by Gasteiger charge is -2.04. The average molecular weight is 372 g/mol. The van der Waals surface area contributed by atoms with E-state index in [1.807, 2.05) is 0 Å². The Morgan fingerprint density at radius 3 is 2.67 bits per heavy atom. The van der Waals surface area contributed by atoms with Crippen LogP contribution in [0, 0.1) is 13.8 Å². The van der Waals surface area contributed by atoms with Crippen LogP contribution in [0.1, 0.15) is 28.5 Å². The highest BCUT2D eigenvalue weighted by atomic mass is 19.3. The first-order valence-corrected chi connectivity index (χ1v) is 8.02. The van der Waals surface area contributed by atoms with Crippen LogP contribution in [0.15, 0.2) is 41.1 Å². The van der Waals surface area contributed by atoms with E-state index < -0.39 is 12.5 Å². The topological polar surface area (TPSA) is 85.6 Å². The number of aromatic carboxylic acids is 1. The lowest BCUT2D eigenvalue weighted by atomic mass is 10.0. The molecule has 4 rings (SSSR count). The number of carbonyl (C=O) groups is 1. The molecule has 27 heavy (non-hydrogen) atoms. The van der Waals surface area contributed by atoms with Crippen LogP contribution < -0.4 is 0 Å². The highest BCUT2D eigenvalue weighted by Gasteiger charge is 2.21. The van der Waals surface area contributed by atoms with Gasteiger partial charge in [-0.1, -0.05) is 0 Å². The van der Waals surface area contributed by atoms with Crippen molar-refractivity contribution in [2.45, 2.75) is 20.4 Å². The quantitative estimate of drug-likeness (QED) is 0.581. The Morgan fingerprint density at radius 2 is 2.04 bits per heavy atom. The van der Waals surface area contributed by atoms with Crippen LogP contribution >= 0.6 is 0 Å². The molecule has 0 spiro atoms. The zero-order chi connectivity index (χ0) is 19.3. The van der Waals surface area contributed by atoms with Crippen molar-refractivity contribution in [2.75, 3.05) is 0 Å². The molecule has 7 nitrogen and oxygen atoms in total. The van der Waals surface area contributed by atoms with Gasteiger partial charge < -0.3 is 9.52 Å². The van der Waals surface area contributed by atoms with E-state index in [0.717, 1.165) is 0 Å². The van der Waals surface area contributed by atoms with E-state index in [0.29, 0.717) is 44.0 Å². The summed E-state index contributed by atoms with van der Waals surface area (Å²) in [6, 6.07) is 6.44. The van der Waals surface area contributed by atoms with Gasteiger partial charge >= 0.3 is 12.5 Å². The molecule has 0 unspecified atom stereocenters. The van der Waals surface area contributed by atoms with Gasteiger partial charge in [0, 0.05) is 28.6 Å². The minimum absolute atomic E-state index is 0.163. The number of carboxylic acid groups (broad SMARTS) is 1. The molecule has 0 bridgehead atoms. The van der Waals surface area contributed by atoms with Gasteiger partial charge in [-0.25, -0.2) is 14.0 Å². The molecule has 0 aliphatic rings. The maximum Gasteiger partial charge on any atom is 0.371 e. The maximum absolute atomic E-state index is 13.1. The smallest absolute Gasteiger partial charge is 0.371 e. The molecule has 0 aliphatic heterocycles. The van der Waals surface area contributed by atoms with Gasteiger partial charge in [0.25, 0.3) is 0 Å². The molecule has 0 saturated heterocycles. The number of pyridine rings is 1.